The molecular formula is C13H19NO3. The number of carbonyl (C=O) groups excluding carboxylic acids is 1. The monoisotopic (exact) mass is 237 g/mol. The van der Waals surface area contributed by atoms with E-state index < -0.39 is 0 Å². The van der Waals surface area contributed by atoms with Crippen LogP contribution in [0.2, 0.25) is 0 Å². The average Bonchev–Trinajstić information content (AvgIpc) is 2.32. The fourth-order valence-electron chi connectivity index (χ4n) is 1.43. The molecule has 0 atom stereocenters. The van der Waals surface area contributed by atoms with Crippen molar-refractivity contribution in [3.63, 3.8) is 0 Å². The molecule has 0 bridgehead atoms. The maximum atomic E-state index is 11.4. The largest absolute Gasteiger partial charge is 0.382 e. The predicted molar refractivity (Wildman–Crippen MR) is 65.5 cm³/mol. The maximum absolute atomic E-state index is 11.4. The summed E-state index contributed by atoms with van der Waals surface area (Å²) in [5.41, 5.74) is 4.75. The fourth-order valence-corrected chi connectivity index (χ4v) is 1.43. The van der Waals surface area contributed by atoms with Crippen molar-refractivity contribution in [3.8, 4) is 0 Å². The Labute approximate surface area is 102 Å². The molecule has 0 unspecified atom stereocenters. The van der Waals surface area contributed by atoms with Gasteiger partial charge in [-0.15, -0.1) is 0 Å². The molecule has 17 heavy (non-hydrogen) atoms. The molecule has 0 fully saturated rings. The third-order valence-electron chi connectivity index (χ3n) is 2.30. The van der Waals surface area contributed by atoms with Gasteiger partial charge in [-0.3, -0.25) is 9.63 Å². The van der Waals surface area contributed by atoms with Crippen molar-refractivity contribution in [1.82, 2.24) is 5.48 Å². The van der Waals surface area contributed by atoms with Crippen molar-refractivity contribution < 1.29 is 14.4 Å². The van der Waals surface area contributed by atoms with Crippen molar-refractivity contribution in [2.75, 3.05) is 20.3 Å². The van der Waals surface area contributed by atoms with Crippen LogP contribution in [0.3, 0.4) is 0 Å². The van der Waals surface area contributed by atoms with Gasteiger partial charge >= 0.3 is 0 Å². The topological polar surface area (TPSA) is 47.6 Å². The van der Waals surface area contributed by atoms with Gasteiger partial charge < -0.3 is 4.74 Å². The summed E-state index contributed by atoms with van der Waals surface area (Å²) in [6, 6.07) is 8.14. The quantitative estimate of drug-likeness (QED) is 0.579. The van der Waals surface area contributed by atoms with E-state index in [0.29, 0.717) is 19.6 Å². The average molecular weight is 237 g/mol. The highest BCUT2D eigenvalue weighted by atomic mass is 16.7. The molecule has 0 saturated carbocycles. The summed E-state index contributed by atoms with van der Waals surface area (Å²) in [6.45, 7) is 2.88. The van der Waals surface area contributed by atoms with Crippen LogP contribution in [0.15, 0.2) is 24.3 Å². The summed E-state index contributed by atoms with van der Waals surface area (Å²) in [4.78, 5) is 16.3. The second-order valence-electron chi connectivity index (χ2n) is 3.86. The number of methoxy groups -OCH3 is 1. The molecule has 1 rings (SSSR count). The number of hydrogen-bond acceptors (Lipinski definition) is 3. The highest BCUT2D eigenvalue weighted by Crippen LogP contribution is 2.06. The highest BCUT2D eigenvalue weighted by Gasteiger charge is 2.02. The van der Waals surface area contributed by atoms with Crippen LogP contribution in [0.4, 0.5) is 0 Å². The first kappa shape index (κ1) is 13.7. The summed E-state index contributed by atoms with van der Waals surface area (Å²) in [6.07, 6.45) is 1.15. The Kier molecular flexibility index (Phi) is 6.29. The zero-order chi connectivity index (χ0) is 12.5. The lowest BCUT2D eigenvalue weighted by Gasteiger charge is -2.05. The summed E-state index contributed by atoms with van der Waals surface area (Å²) >= 11 is 0. The van der Waals surface area contributed by atoms with Crippen LogP contribution in [-0.4, -0.2) is 26.2 Å². The van der Waals surface area contributed by atoms with Gasteiger partial charge in [-0.1, -0.05) is 29.8 Å². The minimum absolute atomic E-state index is 0.109. The number of benzene rings is 1. The molecule has 0 radical (unpaired) electrons. The number of hydrogen-bond donors (Lipinski definition) is 1. The second-order valence-corrected chi connectivity index (χ2v) is 3.86. The summed E-state index contributed by atoms with van der Waals surface area (Å²) in [5.74, 6) is -0.109. The molecule has 4 nitrogen and oxygen atoms in total. The minimum Gasteiger partial charge on any atom is -0.382 e. The Hall–Kier alpha value is -1.39. The van der Waals surface area contributed by atoms with Gasteiger partial charge in [-0.2, -0.15) is 0 Å². The third kappa shape index (κ3) is 6.04. The standard InChI is InChI=1S/C13H19NO3/c1-11-4-3-5-12(10-11)6-7-13(15)14-17-9-8-16-2/h3-5,10H,6-9H2,1-2H3,(H,14,15). The van der Waals surface area contributed by atoms with Gasteiger partial charge in [0.2, 0.25) is 5.91 Å². The smallest absolute Gasteiger partial charge is 0.243 e. The lowest BCUT2D eigenvalue weighted by atomic mass is 10.1. The van der Waals surface area contributed by atoms with E-state index in [-0.39, 0.29) is 5.91 Å². The van der Waals surface area contributed by atoms with Gasteiger partial charge in [0.25, 0.3) is 0 Å². The fraction of sp³-hybridized carbons (Fsp3) is 0.462. The van der Waals surface area contributed by atoms with Crippen LogP contribution < -0.4 is 5.48 Å². The number of rotatable bonds is 7. The van der Waals surface area contributed by atoms with Gasteiger partial charge in [-0.05, 0) is 18.9 Å². The van der Waals surface area contributed by atoms with Gasteiger partial charge in [-0.25, -0.2) is 5.48 Å². The van der Waals surface area contributed by atoms with E-state index in [0.717, 1.165) is 12.0 Å². The van der Waals surface area contributed by atoms with Gasteiger partial charge in [0.15, 0.2) is 0 Å². The van der Waals surface area contributed by atoms with Gasteiger partial charge in [0, 0.05) is 13.5 Å². The Morgan fingerprint density at radius 3 is 2.88 bits per heavy atom. The third-order valence-corrected chi connectivity index (χ3v) is 2.30. The number of aryl methyl sites for hydroxylation is 2. The molecule has 0 saturated heterocycles. The molecule has 94 valence electrons. The Bertz CT molecular complexity index is 352. The minimum atomic E-state index is -0.109. The predicted octanol–water partition coefficient (Wildman–Crippen LogP) is 1.62. The number of hydroxylamine groups is 1. The number of ether oxygens (including phenoxy) is 1. The molecule has 0 aliphatic carbocycles. The van der Waals surface area contributed by atoms with E-state index in [1.807, 2.05) is 25.1 Å². The summed E-state index contributed by atoms with van der Waals surface area (Å²) < 4.78 is 4.79. The summed E-state index contributed by atoms with van der Waals surface area (Å²) in [5, 5.41) is 0. The lowest BCUT2D eigenvalue weighted by Crippen LogP contribution is -2.25. The van der Waals surface area contributed by atoms with E-state index in [4.69, 9.17) is 9.57 Å². The molecule has 0 spiro atoms. The Morgan fingerprint density at radius 2 is 2.18 bits per heavy atom. The summed E-state index contributed by atoms with van der Waals surface area (Å²) in [7, 11) is 1.59. The molecule has 0 aromatic heterocycles. The Balaban J connectivity index is 2.19. The first-order valence-corrected chi connectivity index (χ1v) is 5.67. The van der Waals surface area contributed by atoms with Crippen LogP contribution in [0.5, 0.6) is 0 Å². The molecule has 0 aliphatic heterocycles. The van der Waals surface area contributed by atoms with Crippen LogP contribution in [0.25, 0.3) is 0 Å². The lowest BCUT2D eigenvalue weighted by molar-refractivity contribution is -0.134. The molecular weight excluding hydrogens is 218 g/mol. The molecule has 1 amide bonds. The molecule has 0 aliphatic rings. The van der Waals surface area contributed by atoms with Crippen LogP contribution in [0, 0.1) is 6.92 Å². The molecule has 1 aromatic rings. The van der Waals surface area contributed by atoms with Gasteiger partial charge in [0.1, 0.15) is 0 Å². The highest BCUT2D eigenvalue weighted by molar-refractivity contribution is 5.75. The van der Waals surface area contributed by atoms with Crippen molar-refractivity contribution in [2.45, 2.75) is 19.8 Å². The first-order valence-electron chi connectivity index (χ1n) is 5.67. The number of amides is 1. The van der Waals surface area contributed by atoms with Crippen LogP contribution >= 0.6 is 0 Å². The normalized spacial score (nSPS) is 10.2. The molecule has 4 heteroatoms. The van der Waals surface area contributed by atoms with Gasteiger partial charge in [0.05, 0.1) is 13.2 Å². The molecule has 0 heterocycles. The van der Waals surface area contributed by atoms with Crippen molar-refractivity contribution in [2.24, 2.45) is 0 Å². The molecule has 1 aromatic carbocycles. The van der Waals surface area contributed by atoms with E-state index in [9.17, 15) is 4.79 Å². The first-order chi connectivity index (χ1) is 8.22. The van der Waals surface area contributed by atoms with E-state index in [2.05, 4.69) is 11.5 Å². The van der Waals surface area contributed by atoms with E-state index in [1.165, 1.54) is 5.56 Å². The second kappa shape index (κ2) is 7.81. The van der Waals surface area contributed by atoms with Crippen molar-refractivity contribution >= 4 is 5.91 Å². The SMILES string of the molecule is COCCONC(=O)CCc1cccc(C)c1. The van der Waals surface area contributed by atoms with Crippen molar-refractivity contribution in [3.05, 3.63) is 35.4 Å². The van der Waals surface area contributed by atoms with E-state index >= 15 is 0 Å². The number of nitrogens with one attached hydrogen (secondary N) is 1. The Morgan fingerprint density at radius 1 is 1.35 bits per heavy atom. The zero-order valence-electron chi connectivity index (χ0n) is 10.4. The zero-order valence-corrected chi connectivity index (χ0v) is 10.4. The maximum Gasteiger partial charge on any atom is 0.243 e. The molecule has 1 N–H and O–H groups in total. The van der Waals surface area contributed by atoms with Crippen molar-refractivity contribution in [1.29, 1.82) is 0 Å². The van der Waals surface area contributed by atoms with Crippen LogP contribution in [0.1, 0.15) is 17.5 Å². The number of carbonyl (C=O) groups is 1. The van der Waals surface area contributed by atoms with Crippen LogP contribution in [-0.2, 0) is 20.8 Å². The van der Waals surface area contributed by atoms with E-state index in [1.54, 1.807) is 7.11 Å².